The van der Waals surface area contributed by atoms with E-state index in [0.29, 0.717) is 24.4 Å². The van der Waals surface area contributed by atoms with E-state index in [-0.39, 0.29) is 12.0 Å². The lowest BCUT2D eigenvalue weighted by molar-refractivity contribution is -0.387. The van der Waals surface area contributed by atoms with Crippen LogP contribution in [0.5, 0.6) is 0 Å². The lowest BCUT2D eigenvalue weighted by Crippen LogP contribution is -2.35. The van der Waals surface area contributed by atoms with E-state index in [9.17, 15) is 23.7 Å². The van der Waals surface area contributed by atoms with Gasteiger partial charge >= 0.3 is 5.69 Å². The van der Waals surface area contributed by atoms with Gasteiger partial charge in [0, 0.05) is 18.5 Å². The fourth-order valence-electron chi connectivity index (χ4n) is 1.64. The van der Waals surface area contributed by atoms with E-state index in [1.54, 1.807) is 0 Å². The van der Waals surface area contributed by atoms with Crippen molar-refractivity contribution in [2.24, 2.45) is 5.41 Å². The lowest BCUT2D eigenvalue weighted by Gasteiger charge is -2.23. The van der Waals surface area contributed by atoms with Crippen LogP contribution in [0.15, 0.2) is 12.1 Å². The van der Waals surface area contributed by atoms with Crippen LogP contribution in [0.2, 0.25) is 0 Å². The van der Waals surface area contributed by atoms with Gasteiger partial charge in [-0.1, -0.05) is 13.8 Å². The van der Waals surface area contributed by atoms with Crippen molar-refractivity contribution < 1.29 is 18.5 Å². The topological polar surface area (TPSA) is 72.2 Å². The quantitative estimate of drug-likeness (QED) is 0.497. The van der Waals surface area contributed by atoms with Gasteiger partial charge in [0.2, 0.25) is 5.82 Å². The Morgan fingerprint density at radius 2 is 2.05 bits per heavy atom. The number of nitro groups is 1. The number of amides is 1. The maximum atomic E-state index is 13.8. The Hall–Kier alpha value is -1.76. The van der Waals surface area contributed by atoms with E-state index in [4.69, 9.17) is 11.6 Å². The molecule has 1 N–H and O–H groups in total. The summed E-state index contributed by atoms with van der Waals surface area (Å²) in [6, 6.07) is 1.37. The molecule has 0 saturated carbocycles. The minimum atomic E-state index is -1.48. The molecule has 1 rings (SSSR count). The van der Waals surface area contributed by atoms with Crippen molar-refractivity contribution in [3.8, 4) is 0 Å². The number of nitro benzene ring substituents is 1. The molecule has 0 aliphatic heterocycles. The Labute approximate surface area is 125 Å². The SMILES string of the molecule is CC(C)(CCCl)CNC(=O)c1c(F)ccc([N+](=O)[O-])c1F. The molecule has 0 atom stereocenters. The number of benzene rings is 1. The van der Waals surface area contributed by atoms with E-state index in [0.717, 1.165) is 0 Å². The van der Waals surface area contributed by atoms with Crippen LogP contribution in [0.25, 0.3) is 0 Å². The monoisotopic (exact) mass is 320 g/mol. The third-order valence-electron chi connectivity index (χ3n) is 2.99. The molecule has 8 heteroatoms. The Bertz CT molecular complexity index is 565. The molecule has 21 heavy (non-hydrogen) atoms. The van der Waals surface area contributed by atoms with Crippen molar-refractivity contribution in [3.05, 3.63) is 39.4 Å². The molecule has 0 saturated heterocycles. The summed E-state index contributed by atoms with van der Waals surface area (Å²) in [5.74, 6) is -3.28. The largest absolute Gasteiger partial charge is 0.351 e. The van der Waals surface area contributed by atoms with Crippen LogP contribution in [-0.2, 0) is 0 Å². The van der Waals surface area contributed by atoms with Crippen LogP contribution in [0.1, 0.15) is 30.6 Å². The highest BCUT2D eigenvalue weighted by Gasteiger charge is 2.27. The molecule has 1 amide bonds. The number of alkyl halides is 1. The zero-order valence-corrected chi connectivity index (χ0v) is 12.3. The zero-order valence-electron chi connectivity index (χ0n) is 11.6. The molecular weight excluding hydrogens is 306 g/mol. The molecular formula is C13H15ClF2N2O3. The van der Waals surface area contributed by atoms with Crippen LogP contribution in [0.3, 0.4) is 0 Å². The molecule has 0 unspecified atom stereocenters. The Morgan fingerprint density at radius 3 is 2.57 bits per heavy atom. The number of hydrogen-bond donors (Lipinski definition) is 1. The second-order valence-electron chi connectivity index (χ2n) is 5.30. The van der Waals surface area contributed by atoms with Crippen LogP contribution in [-0.4, -0.2) is 23.3 Å². The third-order valence-corrected chi connectivity index (χ3v) is 3.18. The molecule has 0 spiro atoms. The summed E-state index contributed by atoms with van der Waals surface area (Å²) in [7, 11) is 0. The second-order valence-corrected chi connectivity index (χ2v) is 5.68. The maximum absolute atomic E-state index is 13.8. The second kappa shape index (κ2) is 6.80. The minimum absolute atomic E-state index is 0.139. The van der Waals surface area contributed by atoms with Crippen LogP contribution in [0.4, 0.5) is 14.5 Å². The highest BCUT2D eigenvalue weighted by molar-refractivity contribution is 6.17. The van der Waals surface area contributed by atoms with Crippen molar-refractivity contribution in [2.45, 2.75) is 20.3 Å². The number of carbonyl (C=O) groups is 1. The van der Waals surface area contributed by atoms with Crippen LogP contribution < -0.4 is 5.32 Å². The summed E-state index contributed by atoms with van der Waals surface area (Å²) in [6.45, 7) is 3.80. The van der Waals surface area contributed by atoms with Gasteiger partial charge in [-0.25, -0.2) is 4.39 Å². The summed E-state index contributed by atoms with van der Waals surface area (Å²) in [5.41, 5.74) is -2.25. The first kappa shape index (κ1) is 17.3. The average Bonchev–Trinajstić information content (AvgIpc) is 2.36. The number of halogens is 3. The van der Waals surface area contributed by atoms with Gasteiger partial charge < -0.3 is 5.32 Å². The number of nitrogens with zero attached hydrogens (tertiary/aromatic N) is 1. The molecule has 0 aliphatic carbocycles. The summed E-state index contributed by atoms with van der Waals surface area (Å²) >= 11 is 5.62. The van der Waals surface area contributed by atoms with E-state index >= 15 is 0 Å². The molecule has 0 aromatic heterocycles. The maximum Gasteiger partial charge on any atom is 0.305 e. The van der Waals surface area contributed by atoms with E-state index < -0.39 is 33.7 Å². The van der Waals surface area contributed by atoms with Crippen molar-refractivity contribution >= 4 is 23.2 Å². The highest BCUT2D eigenvalue weighted by atomic mass is 35.5. The standard InChI is InChI=1S/C13H15ClF2N2O3/c1-13(2,5-6-14)7-17-12(19)10-8(15)3-4-9(11(10)16)18(20)21/h3-4H,5-7H2,1-2H3,(H,17,19). The van der Waals surface area contributed by atoms with Gasteiger partial charge in [-0.15, -0.1) is 11.6 Å². The Morgan fingerprint density at radius 1 is 1.43 bits per heavy atom. The number of hydrogen-bond acceptors (Lipinski definition) is 3. The summed E-state index contributed by atoms with van der Waals surface area (Å²) in [6.07, 6.45) is 0.592. The predicted octanol–water partition coefficient (Wildman–Crippen LogP) is 3.26. The summed E-state index contributed by atoms with van der Waals surface area (Å²) in [4.78, 5) is 21.5. The minimum Gasteiger partial charge on any atom is -0.351 e. The first-order chi connectivity index (χ1) is 9.69. The van der Waals surface area contributed by atoms with Crippen molar-refractivity contribution in [1.82, 2.24) is 5.32 Å². The first-order valence-electron chi connectivity index (χ1n) is 6.16. The zero-order chi connectivity index (χ0) is 16.2. The van der Waals surface area contributed by atoms with Gasteiger partial charge in [0.05, 0.1) is 4.92 Å². The smallest absolute Gasteiger partial charge is 0.305 e. The average molecular weight is 321 g/mol. The highest BCUT2D eigenvalue weighted by Crippen LogP contribution is 2.24. The van der Waals surface area contributed by atoms with Gasteiger partial charge in [-0.3, -0.25) is 14.9 Å². The Kier molecular flexibility index (Phi) is 5.60. The van der Waals surface area contributed by atoms with Crippen molar-refractivity contribution in [3.63, 3.8) is 0 Å². The van der Waals surface area contributed by atoms with Gasteiger partial charge in [-0.05, 0) is 17.9 Å². The molecule has 0 fully saturated rings. The first-order valence-corrected chi connectivity index (χ1v) is 6.69. The van der Waals surface area contributed by atoms with Gasteiger partial charge in [0.25, 0.3) is 5.91 Å². The molecule has 5 nitrogen and oxygen atoms in total. The van der Waals surface area contributed by atoms with Gasteiger partial charge in [0.15, 0.2) is 0 Å². The van der Waals surface area contributed by atoms with Crippen LogP contribution >= 0.6 is 11.6 Å². The van der Waals surface area contributed by atoms with E-state index in [1.807, 2.05) is 13.8 Å². The molecule has 1 aromatic carbocycles. The lowest BCUT2D eigenvalue weighted by atomic mass is 9.90. The Balaban J connectivity index is 2.98. The summed E-state index contributed by atoms with van der Waals surface area (Å²) in [5, 5.41) is 13.0. The molecule has 116 valence electrons. The van der Waals surface area contributed by atoms with E-state index in [2.05, 4.69) is 5.32 Å². The fourth-order valence-corrected chi connectivity index (χ4v) is 2.15. The molecule has 1 aromatic rings. The van der Waals surface area contributed by atoms with Gasteiger partial charge in [-0.2, -0.15) is 4.39 Å². The number of rotatable bonds is 6. The van der Waals surface area contributed by atoms with Gasteiger partial charge in [0.1, 0.15) is 11.4 Å². The predicted molar refractivity (Wildman–Crippen MR) is 74.5 cm³/mol. The van der Waals surface area contributed by atoms with Crippen LogP contribution in [0, 0.1) is 27.2 Å². The number of nitrogens with one attached hydrogen (secondary N) is 1. The van der Waals surface area contributed by atoms with Crippen molar-refractivity contribution in [2.75, 3.05) is 12.4 Å². The molecule has 0 aliphatic rings. The molecule has 0 bridgehead atoms. The third kappa shape index (κ3) is 4.35. The summed E-state index contributed by atoms with van der Waals surface area (Å²) < 4.78 is 27.4. The van der Waals surface area contributed by atoms with Crippen molar-refractivity contribution in [1.29, 1.82) is 0 Å². The normalized spacial score (nSPS) is 11.3. The molecule has 0 heterocycles. The fraction of sp³-hybridized carbons (Fsp3) is 0.462. The van der Waals surface area contributed by atoms with E-state index in [1.165, 1.54) is 0 Å². The number of carbonyl (C=O) groups excluding carboxylic acids is 1. The molecule has 0 radical (unpaired) electrons.